The van der Waals surface area contributed by atoms with Crippen molar-refractivity contribution in [2.24, 2.45) is 0 Å². The Bertz CT molecular complexity index is 556. The fourth-order valence-corrected chi connectivity index (χ4v) is 16.0. The predicted octanol–water partition coefficient (Wildman–Crippen LogP) is 8.97. The minimum absolute atomic E-state index is 0.0474. The van der Waals surface area contributed by atoms with E-state index in [4.69, 9.17) is 18.3 Å². The molecule has 0 aromatic carbocycles. The van der Waals surface area contributed by atoms with Gasteiger partial charge in [-0.15, -0.1) is 0 Å². The Hall–Kier alpha value is 0.491. The number of hydrogen-bond donors (Lipinski definition) is 0. The minimum atomic E-state index is -2.17. The Labute approximate surface area is 223 Å². The third-order valence-electron chi connectivity index (χ3n) is 8.44. The predicted molar refractivity (Wildman–Crippen MR) is 162 cm³/mol. The Morgan fingerprint density at radius 2 is 1.09 bits per heavy atom. The van der Waals surface area contributed by atoms with E-state index in [1.807, 2.05) is 0 Å². The molecular formula is C28H64O4Si3. The molecule has 7 heteroatoms. The number of ether oxygens (including phenoxy) is 2. The van der Waals surface area contributed by atoms with Gasteiger partial charge in [0.1, 0.15) is 0 Å². The molecule has 0 saturated carbocycles. The largest absolute Gasteiger partial charge is 0.412 e. The molecule has 0 amide bonds. The van der Waals surface area contributed by atoms with Crippen molar-refractivity contribution in [3.05, 3.63) is 0 Å². The third kappa shape index (κ3) is 12.3. The minimum Gasteiger partial charge on any atom is -0.412 e. The van der Waals surface area contributed by atoms with Gasteiger partial charge in [-0.25, -0.2) is 0 Å². The van der Waals surface area contributed by atoms with Crippen LogP contribution in [0.5, 0.6) is 0 Å². The maximum absolute atomic E-state index is 7.34. The molecule has 0 fully saturated rings. The lowest BCUT2D eigenvalue weighted by atomic mass is 10.3. The van der Waals surface area contributed by atoms with Gasteiger partial charge in [0.05, 0.1) is 13.3 Å². The first-order chi connectivity index (χ1) is 16.2. The lowest BCUT2D eigenvalue weighted by Crippen LogP contribution is -2.66. The van der Waals surface area contributed by atoms with Gasteiger partial charge in [-0.2, -0.15) is 0 Å². The molecule has 1 unspecified atom stereocenters. The lowest BCUT2D eigenvalue weighted by molar-refractivity contribution is 0.0743. The van der Waals surface area contributed by atoms with E-state index >= 15 is 0 Å². The topological polar surface area (TPSA) is 36.9 Å². The monoisotopic (exact) mass is 548 g/mol. The maximum atomic E-state index is 7.34. The fourth-order valence-electron chi connectivity index (χ4n) is 4.87. The van der Waals surface area contributed by atoms with E-state index in [0.29, 0.717) is 0 Å². The molecule has 0 N–H and O–H groups in total. The van der Waals surface area contributed by atoms with E-state index in [1.165, 1.54) is 24.9 Å². The van der Waals surface area contributed by atoms with Crippen LogP contribution >= 0.6 is 0 Å². The first-order valence-electron chi connectivity index (χ1n) is 14.7. The summed E-state index contributed by atoms with van der Waals surface area (Å²) in [5.74, 6) is 0. The van der Waals surface area contributed by atoms with Crippen LogP contribution in [0, 0.1) is 0 Å². The second-order valence-corrected chi connectivity index (χ2v) is 26.5. The molecule has 4 nitrogen and oxygen atoms in total. The molecule has 2 atom stereocenters. The van der Waals surface area contributed by atoms with Gasteiger partial charge in [0, 0.05) is 31.7 Å². The summed E-state index contributed by atoms with van der Waals surface area (Å²) in [6.45, 7) is 32.0. The third-order valence-corrected chi connectivity index (χ3v) is 20.3. The smallest absolute Gasteiger partial charge is 0.216 e. The molecule has 0 spiro atoms. The Balaban J connectivity index is 5.23. The summed E-state index contributed by atoms with van der Waals surface area (Å²) in [6.07, 6.45) is 9.01. The van der Waals surface area contributed by atoms with Crippen LogP contribution in [0.2, 0.25) is 51.4 Å². The van der Waals surface area contributed by atoms with Crippen LogP contribution in [0.25, 0.3) is 0 Å². The van der Waals surface area contributed by atoms with Crippen molar-refractivity contribution in [2.45, 2.75) is 155 Å². The van der Waals surface area contributed by atoms with Gasteiger partial charge in [0.15, 0.2) is 8.32 Å². The van der Waals surface area contributed by atoms with Crippen molar-refractivity contribution >= 4 is 24.7 Å². The first-order valence-corrected chi connectivity index (χ1v) is 23.9. The first kappa shape index (κ1) is 35.5. The average molecular weight is 549 g/mol. The summed E-state index contributed by atoms with van der Waals surface area (Å²) in [4.78, 5) is 0. The van der Waals surface area contributed by atoms with Crippen molar-refractivity contribution < 1.29 is 18.3 Å². The van der Waals surface area contributed by atoms with E-state index in [1.54, 1.807) is 0 Å². The molecular weight excluding hydrogens is 485 g/mol. The second-order valence-electron chi connectivity index (χ2n) is 12.7. The van der Waals surface area contributed by atoms with Crippen LogP contribution in [0.4, 0.5) is 0 Å². The van der Waals surface area contributed by atoms with Crippen LogP contribution in [0.3, 0.4) is 0 Å². The molecule has 0 aliphatic rings. The number of unbranched alkanes of at least 4 members (excludes halogenated alkanes) is 2. The highest BCUT2D eigenvalue weighted by atomic mass is 28.4. The van der Waals surface area contributed by atoms with Gasteiger partial charge < -0.3 is 18.3 Å². The van der Waals surface area contributed by atoms with Crippen molar-refractivity contribution in [3.8, 4) is 0 Å². The second kappa shape index (κ2) is 16.5. The summed E-state index contributed by atoms with van der Waals surface area (Å²) in [5.41, 5.74) is 0. The number of hydrogen-bond acceptors (Lipinski definition) is 4. The van der Waals surface area contributed by atoms with Crippen molar-refractivity contribution in [2.75, 3.05) is 26.4 Å². The van der Waals surface area contributed by atoms with Gasteiger partial charge in [0.25, 0.3) is 0 Å². The Kier molecular flexibility index (Phi) is 16.7. The summed E-state index contributed by atoms with van der Waals surface area (Å²) >= 11 is 0. The number of rotatable bonds is 22. The average Bonchev–Trinajstić information content (AvgIpc) is 2.77. The van der Waals surface area contributed by atoms with Gasteiger partial charge in [-0.05, 0) is 84.6 Å². The zero-order valence-corrected chi connectivity index (χ0v) is 29.0. The summed E-state index contributed by atoms with van der Waals surface area (Å²) in [7, 11) is -5.63. The highest BCUT2D eigenvalue weighted by Crippen LogP contribution is 2.41. The summed E-state index contributed by atoms with van der Waals surface area (Å²) < 4.78 is 26.0. The van der Waals surface area contributed by atoms with E-state index in [9.17, 15) is 0 Å². The molecule has 0 aliphatic heterocycles. The van der Waals surface area contributed by atoms with Crippen LogP contribution in [0.15, 0.2) is 0 Å². The Morgan fingerprint density at radius 3 is 1.63 bits per heavy atom. The van der Waals surface area contributed by atoms with Crippen molar-refractivity contribution in [3.63, 3.8) is 0 Å². The van der Waals surface area contributed by atoms with Crippen molar-refractivity contribution in [1.82, 2.24) is 0 Å². The van der Waals surface area contributed by atoms with Crippen molar-refractivity contribution in [1.29, 1.82) is 0 Å². The van der Waals surface area contributed by atoms with E-state index in [0.717, 1.165) is 65.0 Å². The van der Waals surface area contributed by atoms with E-state index < -0.39 is 24.7 Å². The van der Waals surface area contributed by atoms with Gasteiger partial charge in [-0.1, -0.05) is 59.7 Å². The fraction of sp³-hybridized carbons (Fsp3) is 1.00. The van der Waals surface area contributed by atoms with Gasteiger partial charge >= 0.3 is 0 Å². The molecule has 0 bridgehead atoms. The molecule has 0 saturated heterocycles. The molecule has 0 aromatic rings. The summed E-state index contributed by atoms with van der Waals surface area (Å²) in [5, 5.41) is -0.222. The lowest BCUT2D eigenvalue weighted by Gasteiger charge is -2.53. The molecule has 212 valence electrons. The van der Waals surface area contributed by atoms with Crippen LogP contribution in [-0.4, -0.2) is 61.6 Å². The summed E-state index contributed by atoms with van der Waals surface area (Å²) in [6, 6.07) is 2.43. The normalized spacial score (nSPS) is 16.8. The quantitative estimate of drug-likeness (QED) is 0.0999. The van der Waals surface area contributed by atoms with Gasteiger partial charge in [-0.3, -0.25) is 0 Å². The molecule has 0 rings (SSSR count). The maximum Gasteiger partial charge on any atom is 0.216 e. The zero-order valence-electron chi connectivity index (χ0n) is 26.0. The molecule has 35 heavy (non-hydrogen) atoms. The zero-order chi connectivity index (χ0) is 27.2. The highest BCUT2D eigenvalue weighted by Gasteiger charge is 2.53. The Morgan fingerprint density at radius 1 is 0.543 bits per heavy atom. The molecule has 0 aliphatic carbocycles. The van der Waals surface area contributed by atoms with Crippen LogP contribution in [0.1, 0.15) is 92.9 Å². The van der Waals surface area contributed by atoms with Crippen LogP contribution in [-0.2, 0) is 18.3 Å². The van der Waals surface area contributed by atoms with Crippen LogP contribution < -0.4 is 0 Å². The van der Waals surface area contributed by atoms with Gasteiger partial charge in [0.2, 0.25) is 8.32 Å². The molecule has 0 radical (unpaired) electrons. The standard InChI is InChI=1S/C28H64O4Si3/c1-13-17-22-30-24-20-25-33(7,8)27(5,15-3)32-35(11,12)28(6,16-4)31-34(9,10)26-19-18-23-29-21-14-2/h13-26H2,1-12H3/t27?,28-/m1/s1. The van der Waals surface area contributed by atoms with E-state index in [2.05, 4.69) is 80.8 Å². The molecule has 0 heterocycles. The molecule has 0 aromatic heterocycles. The highest BCUT2D eigenvalue weighted by molar-refractivity contribution is 6.82. The SMILES string of the molecule is CCCCOCCC[Si](C)(C)C(C)(CC)O[Si](C)(C)[C@](C)(CC)O[Si](C)(C)CCCCOCCC. The van der Waals surface area contributed by atoms with E-state index in [-0.39, 0.29) is 10.4 Å².